The smallest absolute Gasteiger partial charge is 0.122 e. The van der Waals surface area contributed by atoms with Crippen LogP contribution in [-0.2, 0) is 38.5 Å². The van der Waals surface area contributed by atoms with Crippen LogP contribution in [0.1, 0.15) is 109 Å². The molecule has 1 fully saturated rings. The molecule has 0 saturated heterocycles. The highest BCUT2D eigenvalue weighted by Gasteiger charge is 2.86. The number of hydrogen-bond acceptors (Lipinski definition) is 4. The normalized spacial score (nSPS) is 21.2. The molecule has 10 rings (SSSR count). The minimum absolute atomic E-state index is 0.00624. The minimum Gasteiger partial charge on any atom is -0.496 e. The van der Waals surface area contributed by atoms with Gasteiger partial charge in [-0.2, -0.15) is 0 Å². The van der Waals surface area contributed by atoms with Gasteiger partial charge in [0.25, 0.3) is 0 Å². The van der Waals surface area contributed by atoms with Crippen LogP contribution in [0.3, 0.4) is 0 Å². The van der Waals surface area contributed by atoms with E-state index in [1.165, 1.54) is 66.8 Å². The van der Waals surface area contributed by atoms with Crippen molar-refractivity contribution in [2.45, 2.75) is 97.1 Å². The molecule has 0 amide bonds. The molecule has 5 aromatic rings. The molecule has 1 saturated carbocycles. The molecule has 5 aliphatic rings. The fourth-order valence-corrected chi connectivity index (χ4v) is 13.9. The Hall–Kier alpha value is -4.40. The number of aryl methyl sites for hydroxylation is 4. The minimum atomic E-state index is -0.223. The van der Waals surface area contributed by atoms with Crippen molar-refractivity contribution in [2.75, 3.05) is 14.2 Å². The summed E-state index contributed by atoms with van der Waals surface area (Å²) in [6.07, 6.45) is 5.62. The number of benzene rings is 2. The van der Waals surface area contributed by atoms with Crippen LogP contribution in [0.2, 0.25) is 0 Å². The van der Waals surface area contributed by atoms with Gasteiger partial charge in [-0.3, -0.25) is 0 Å². The lowest BCUT2D eigenvalue weighted by Gasteiger charge is -2.37. The quantitative estimate of drug-likeness (QED) is 0.172. The highest BCUT2D eigenvalue weighted by atomic mass is 79.9. The summed E-state index contributed by atoms with van der Waals surface area (Å²) in [5, 5.41) is 0. The molecule has 2 atom stereocenters. The van der Waals surface area contributed by atoms with Crippen molar-refractivity contribution in [1.29, 1.82) is 0 Å². The van der Waals surface area contributed by atoms with E-state index in [-0.39, 0.29) is 14.1 Å². The van der Waals surface area contributed by atoms with Crippen LogP contribution in [0, 0.1) is 24.7 Å². The second-order valence-electron chi connectivity index (χ2n) is 17.7. The number of methoxy groups -OCH3 is 2. The average molecular weight is 913 g/mol. The number of allylic oxidation sites excluding steroid dienone is 4. The highest BCUT2D eigenvalue weighted by molar-refractivity contribution is 9.25. The largest absolute Gasteiger partial charge is 0.496 e. The molecule has 3 aromatic heterocycles. The van der Waals surface area contributed by atoms with Gasteiger partial charge in [0.2, 0.25) is 0 Å². The summed E-state index contributed by atoms with van der Waals surface area (Å²) >= 11 is 8.61. The van der Waals surface area contributed by atoms with E-state index in [0.29, 0.717) is 0 Å². The van der Waals surface area contributed by atoms with E-state index < -0.39 is 0 Å². The average Bonchev–Trinajstić information content (AvgIpc) is 3.68. The SMILES string of the molecule is CCc1c(C)c2cc3nc(c(-c4ccc5c(c4)C[C@@]46Cc7c(OC)ccc(OC)c7C[C@]4(C5)C6(Br)Br)c4nc(cc5[nH]c(cc1[nH]2)c(CC)c5C)C(C)=C4C)C(C)=C3C. The molecule has 2 aliphatic heterocycles. The summed E-state index contributed by atoms with van der Waals surface area (Å²) < 4.78 is 11.7. The van der Waals surface area contributed by atoms with Crippen molar-refractivity contribution in [3.05, 3.63) is 116 Å². The number of nitrogens with one attached hydrogen (secondary N) is 2. The Morgan fingerprint density at radius 1 is 0.576 bits per heavy atom. The van der Waals surface area contributed by atoms with Gasteiger partial charge in [-0.15, -0.1) is 0 Å². The van der Waals surface area contributed by atoms with Crippen LogP contribution >= 0.6 is 31.9 Å². The van der Waals surface area contributed by atoms with E-state index in [1.807, 2.05) is 0 Å². The Labute approximate surface area is 364 Å². The molecule has 0 spiro atoms. The van der Waals surface area contributed by atoms with Gasteiger partial charge in [-0.25, -0.2) is 9.97 Å². The third-order valence-corrected chi connectivity index (χ3v) is 18.3. The van der Waals surface area contributed by atoms with Crippen LogP contribution in [0.4, 0.5) is 0 Å². The number of alkyl halides is 2. The van der Waals surface area contributed by atoms with Gasteiger partial charge in [0, 0.05) is 49.6 Å². The van der Waals surface area contributed by atoms with Gasteiger partial charge in [0.15, 0.2) is 0 Å². The molecule has 8 bridgehead atoms. The number of rotatable bonds is 5. The van der Waals surface area contributed by atoms with Crippen LogP contribution in [0.25, 0.3) is 55.5 Å². The lowest BCUT2D eigenvalue weighted by molar-refractivity contribution is 0.274. The predicted octanol–water partition coefficient (Wildman–Crippen LogP) is 13.0. The molecule has 302 valence electrons. The van der Waals surface area contributed by atoms with Crippen LogP contribution < -0.4 is 9.47 Å². The van der Waals surface area contributed by atoms with Crippen molar-refractivity contribution in [3.63, 3.8) is 0 Å². The van der Waals surface area contributed by atoms with Crippen molar-refractivity contribution in [3.8, 4) is 22.6 Å². The van der Waals surface area contributed by atoms with Crippen LogP contribution in [0.15, 0.2) is 48.5 Å². The van der Waals surface area contributed by atoms with Crippen molar-refractivity contribution in [1.82, 2.24) is 19.9 Å². The predicted molar refractivity (Wildman–Crippen MR) is 251 cm³/mol. The fourth-order valence-electron chi connectivity index (χ4n) is 11.5. The maximum absolute atomic E-state index is 5.98. The third-order valence-electron chi connectivity index (χ3n) is 15.3. The first-order valence-electron chi connectivity index (χ1n) is 21.1. The lowest BCUT2D eigenvalue weighted by atomic mass is 9.66. The molecule has 2 aromatic carbocycles. The molecule has 5 heterocycles. The van der Waals surface area contributed by atoms with Crippen molar-refractivity contribution < 1.29 is 9.47 Å². The Morgan fingerprint density at radius 3 is 1.51 bits per heavy atom. The molecule has 8 heteroatoms. The van der Waals surface area contributed by atoms with E-state index in [1.54, 1.807) is 14.2 Å². The number of aromatic nitrogens is 4. The van der Waals surface area contributed by atoms with Gasteiger partial charge in [-0.05, 0) is 172 Å². The first-order chi connectivity index (χ1) is 28.2. The second-order valence-corrected chi connectivity index (χ2v) is 21.1. The van der Waals surface area contributed by atoms with Crippen LogP contribution in [0.5, 0.6) is 11.5 Å². The van der Waals surface area contributed by atoms with Gasteiger partial charge in [0.1, 0.15) is 11.5 Å². The van der Waals surface area contributed by atoms with Crippen molar-refractivity contribution in [2.24, 2.45) is 10.8 Å². The Morgan fingerprint density at radius 2 is 1.05 bits per heavy atom. The fraction of sp³-hybridized carbons (Fsp3) is 0.373. The van der Waals surface area contributed by atoms with E-state index in [9.17, 15) is 0 Å². The number of halogens is 2. The number of H-pyrrole nitrogens is 2. The summed E-state index contributed by atoms with van der Waals surface area (Å²) in [6, 6.07) is 18.2. The first-order valence-corrected chi connectivity index (χ1v) is 22.7. The summed E-state index contributed by atoms with van der Waals surface area (Å²) in [6.45, 7) is 17.9. The summed E-state index contributed by atoms with van der Waals surface area (Å²) in [5.74, 6) is 1.90. The number of aromatic amines is 2. The summed E-state index contributed by atoms with van der Waals surface area (Å²) in [4.78, 5) is 18.7. The maximum Gasteiger partial charge on any atom is 0.122 e. The van der Waals surface area contributed by atoms with E-state index in [0.717, 1.165) is 106 Å². The Bertz CT molecular complexity index is 2830. The molecular weight excluding hydrogens is 860 g/mol. The zero-order valence-corrected chi connectivity index (χ0v) is 39.0. The number of ether oxygens (including phenoxy) is 2. The molecular formula is C51H52Br2N4O2. The molecule has 3 aliphatic carbocycles. The van der Waals surface area contributed by atoms with Crippen LogP contribution in [-0.4, -0.2) is 37.4 Å². The topological polar surface area (TPSA) is 75.8 Å². The van der Waals surface area contributed by atoms with Gasteiger partial charge in [0.05, 0.1) is 40.2 Å². The van der Waals surface area contributed by atoms with Gasteiger partial charge in [-0.1, -0.05) is 63.9 Å². The molecule has 0 unspecified atom stereocenters. The van der Waals surface area contributed by atoms with Gasteiger partial charge >= 0.3 is 0 Å². The zero-order chi connectivity index (χ0) is 41.5. The van der Waals surface area contributed by atoms with Crippen molar-refractivity contribution >= 4 is 76.2 Å². The van der Waals surface area contributed by atoms with E-state index in [4.69, 9.17) is 19.4 Å². The Kier molecular flexibility index (Phi) is 8.74. The van der Waals surface area contributed by atoms with E-state index >= 15 is 0 Å². The maximum atomic E-state index is 5.98. The second kappa shape index (κ2) is 13.3. The summed E-state index contributed by atoms with van der Waals surface area (Å²) in [5.41, 5.74) is 26.1. The lowest BCUT2D eigenvalue weighted by Crippen LogP contribution is -2.33. The monoisotopic (exact) mass is 910 g/mol. The number of hydrogen-bond donors (Lipinski definition) is 2. The Balaban J connectivity index is 1.23. The summed E-state index contributed by atoms with van der Waals surface area (Å²) in [7, 11) is 3.56. The standard InChI is InChI=1S/C51H52Br2N4O2/c1-11-34-29(7)40-18-38-25(3)27(5)47(56-38)46(48-28(6)26(4)39(57-48)19-41-30(8)35(12-2)43(55-41)20-42(34)54-40)31-13-14-32-21-49-23-36-37(45(59-10)16-15-44(36)58-9)24-50(49,51(49,52)53)22-33(32)17-31/h13-20,54-55H,11-12,21-24H2,1-10H3/t49-,50+/m0/s1. The molecule has 0 radical (unpaired) electrons. The molecule has 6 nitrogen and oxygen atoms in total. The zero-order valence-electron chi connectivity index (χ0n) is 35.8. The van der Waals surface area contributed by atoms with E-state index in [2.05, 4.69) is 146 Å². The molecule has 59 heavy (non-hydrogen) atoms. The number of nitrogens with zero attached hydrogens (tertiary/aromatic N) is 2. The number of fused-ring (bicyclic) bond motifs is 10. The molecule has 2 N–H and O–H groups in total. The first kappa shape index (κ1) is 38.8. The van der Waals surface area contributed by atoms with Gasteiger partial charge < -0.3 is 19.4 Å². The third kappa shape index (κ3) is 5.14. The highest BCUT2D eigenvalue weighted by Crippen LogP contribution is 2.86.